The van der Waals surface area contributed by atoms with Crippen LogP contribution in [0.5, 0.6) is 0 Å². The number of rotatable bonds is 5. The van der Waals surface area contributed by atoms with Gasteiger partial charge in [-0.25, -0.2) is 4.98 Å². The molecule has 1 aliphatic heterocycles. The average Bonchev–Trinajstić information content (AvgIpc) is 2.87. The maximum Gasteiger partial charge on any atom is 0.253 e. The molecule has 6 heteroatoms. The molecule has 0 bridgehead atoms. The molecule has 1 atom stereocenters. The van der Waals surface area contributed by atoms with E-state index in [2.05, 4.69) is 38.2 Å². The van der Waals surface area contributed by atoms with Crippen molar-refractivity contribution in [1.29, 1.82) is 0 Å². The number of nitrogens with one attached hydrogen (secondary N) is 1. The Bertz CT molecular complexity index is 1350. The molecule has 1 N–H and O–H groups in total. The van der Waals surface area contributed by atoms with Crippen LogP contribution < -0.4 is 15.8 Å². The van der Waals surface area contributed by atoms with Gasteiger partial charge in [-0.05, 0) is 55.2 Å². The first-order valence-corrected chi connectivity index (χ1v) is 11.2. The number of aromatic nitrogens is 3. The van der Waals surface area contributed by atoms with E-state index >= 15 is 0 Å². The number of hydrogen-bond acceptors (Lipinski definition) is 5. The Hall–Kier alpha value is -4.11. The molecule has 3 heterocycles. The highest BCUT2D eigenvalue weighted by Crippen LogP contribution is 2.24. The quantitative estimate of drug-likeness (QED) is 0.459. The third kappa shape index (κ3) is 4.31. The zero-order chi connectivity index (χ0) is 22.6. The van der Waals surface area contributed by atoms with Crippen molar-refractivity contribution >= 4 is 28.4 Å². The smallest absolute Gasteiger partial charge is 0.253 e. The second-order valence-corrected chi connectivity index (χ2v) is 8.21. The van der Waals surface area contributed by atoms with Crippen LogP contribution in [0.2, 0.25) is 0 Å². The van der Waals surface area contributed by atoms with Crippen LogP contribution in [0.3, 0.4) is 0 Å². The molecule has 164 valence electrons. The summed E-state index contributed by atoms with van der Waals surface area (Å²) in [6.45, 7) is 2.21. The normalized spacial score (nSPS) is 14.6. The summed E-state index contributed by atoms with van der Waals surface area (Å²) in [5.74, 6) is 3.16. The van der Waals surface area contributed by atoms with Crippen LogP contribution >= 0.6 is 0 Å². The number of piperidine rings is 1. The summed E-state index contributed by atoms with van der Waals surface area (Å²) >= 11 is 0. The summed E-state index contributed by atoms with van der Waals surface area (Å²) < 4.78 is 1.55. The van der Waals surface area contributed by atoms with Crippen LogP contribution in [0, 0.1) is 12.3 Å². The van der Waals surface area contributed by atoms with E-state index in [1.165, 1.54) is 31.0 Å². The van der Waals surface area contributed by atoms with Gasteiger partial charge in [0.15, 0.2) is 0 Å². The third-order valence-corrected chi connectivity index (χ3v) is 6.04. The molecular weight excluding hydrogens is 410 g/mol. The molecule has 6 nitrogen and oxygen atoms in total. The van der Waals surface area contributed by atoms with Gasteiger partial charge in [0, 0.05) is 42.1 Å². The monoisotopic (exact) mass is 435 g/mol. The van der Waals surface area contributed by atoms with Gasteiger partial charge in [-0.3, -0.25) is 9.36 Å². The van der Waals surface area contributed by atoms with E-state index < -0.39 is 6.04 Å². The molecule has 0 aliphatic carbocycles. The molecule has 2 aromatic carbocycles. The van der Waals surface area contributed by atoms with Gasteiger partial charge < -0.3 is 10.2 Å². The predicted octanol–water partition coefficient (Wildman–Crippen LogP) is 4.75. The number of fused-ring (bicyclic) bond motifs is 1. The Kier molecular flexibility index (Phi) is 5.77. The van der Waals surface area contributed by atoms with E-state index in [0.29, 0.717) is 11.6 Å². The van der Waals surface area contributed by atoms with Crippen molar-refractivity contribution in [2.24, 2.45) is 0 Å². The van der Waals surface area contributed by atoms with Gasteiger partial charge in [-0.2, -0.15) is 4.98 Å². The molecule has 0 amide bonds. The molecule has 1 saturated heterocycles. The average molecular weight is 436 g/mol. The highest BCUT2D eigenvalue weighted by Gasteiger charge is 2.17. The van der Waals surface area contributed by atoms with Crippen molar-refractivity contribution < 1.29 is 0 Å². The predicted molar refractivity (Wildman–Crippen MR) is 133 cm³/mol. The molecule has 1 unspecified atom stereocenters. The van der Waals surface area contributed by atoms with Crippen LogP contribution in [0.1, 0.15) is 30.9 Å². The summed E-state index contributed by atoms with van der Waals surface area (Å²) in [5, 5.41) is 4.01. The van der Waals surface area contributed by atoms with Gasteiger partial charge in [0.2, 0.25) is 5.95 Å². The number of benzene rings is 2. The lowest BCUT2D eigenvalue weighted by molar-refractivity contribution is 0.578. The molecule has 0 radical (unpaired) electrons. The number of anilines is 3. The van der Waals surface area contributed by atoms with Crippen LogP contribution in [0.4, 0.5) is 17.3 Å². The van der Waals surface area contributed by atoms with Crippen LogP contribution in [-0.2, 0) is 0 Å². The van der Waals surface area contributed by atoms with Crippen LogP contribution in [-0.4, -0.2) is 27.6 Å². The van der Waals surface area contributed by atoms with E-state index in [1.54, 1.807) is 16.8 Å². The molecule has 4 aromatic rings. The summed E-state index contributed by atoms with van der Waals surface area (Å²) in [7, 11) is 0. The Labute approximate surface area is 192 Å². The fraction of sp³-hybridized carbons (Fsp3) is 0.222. The Balaban J connectivity index is 1.47. The van der Waals surface area contributed by atoms with Crippen molar-refractivity contribution in [1.82, 2.24) is 14.5 Å². The lowest BCUT2D eigenvalue weighted by Crippen LogP contribution is -2.29. The zero-order valence-electron chi connectivity index (χ0n) is 18.3. The minimum atomic E-state index is -0.561. The fourth-order valence-corrected chi connectivity index (χ4v) is 4.34. The maximum atomic E-state index is 12.8. The van der Waals surface area contributed by atoms with Crippen LogP contribution in [0.25, 0.3) is 11.0 Å². The minimum Gasteiger partial charge on any atom is -0.372 e. The topological polar surface area (TPSA) is 63.1 Å². The first-order chi connectivity index (χ1) is 16.2. The lowest BCUT2D eigenvalue weighted by Gasteiger charge is -2.28. The van der Waals surface area contributed by atoms with Crippen molar-refractivity contribution in [2.45, 2.75) is 25.3 Å². The number of nitrogens with zero attached hydrogens (tertiary/aromatic N) is 4. The summed E-state index contributed by atoms with van der Waals surface area (Å²) in [5.41, 5.74) is 3.27. The Morgan fingerprint density at radius 3 is 2.42 bits per heavy atom. The highest BCUT2D eigenvalue weighted by atomic mass is 16.1. The van der Waals surface area contributed by atoms with Crippen LogP contribution in [0.15, 0.2) is 77.7 Å². The molecule has 1 fully saturated rings. The second kappa shape index (κ2) is 9.17. The summed E-state index contributed by atoms with van der Waals surface area (Å²) in [4.78, 5) is 24.4. The van der Waals surface area contributed by atoms with Gasteiger partial charge in [0.1, 0.15) is 11.7 Å². The lowest BCUT2D eigenvalue weighted by atomic mass is 10.1. The summed E-state index contributed by atoms with van der Waals surface area (Å²) in [6.07, 6.45) is 11.4. The molecule has 0 saturated carbocycles. The summed E-state index contributed by atoms with van der Waals surface area (Å²) in [6, 6.07) is 20.5. The van der Waals surface area contributed by atoms with E-state index in [1.807, 2.05) is 42.5 Å². The van der Waals surface area contributed by atoms with Crippen molar-refractivity contribution in [2.75, 3.05) is 23.3 Å². The first-order valence-electron chi connectivity index (χ1n) is 11.2. The van der Waals surface area contributed by atoms with E-state index in [0.717, 1.165) is 29.7 Å². The van der Waals surface area contributed by atoms with Gasteiger partial charge in [0.05, 0.1) is 0 Å². The van der Waals surface area contributed by atoms with Crippen molar-refractivity contribution in [3.8, 4) is 12.3 Å². The zero-order valence-corrected chi connectivity index (χ0v) is 18.3. The number of hydrogen-bond donors (Lipinski definition) is 1. The largest absolute Gasteiger partial charge is 0.372 e. The first kappa shape index (κ1) is 20.8. The Morgan fingerprint density at radius 1 is 0.939 bits per heavy atom. The molecule has 2 aromatic heterocycles. The highest BCUT2D eigenvalue weighted by molar-refractivity contribution is 5.76. The molecule has 33 heavy (non-hydrogen) atoms. The van der Waals surface area contributed by atoms with Crippen molar-refractivity contribution in [3.63, 3.8) is 0 Å². The van der Waals surface area contributed by atoms with Gasteiger partial charge in [-0.1, -0.05) is 36.3 Å². The van der Waals surface area contributed by atoms with Crippen molar-refractivity contribution in [3.05, 3.63) is 88.8 Å². The molecule has 5 rings (SSSR count). The number of terminal acetylenes is 1. The van der Waals surface area contributed by atoms with Gasteiger partial charge >= 0.3 is 0 Å². The number of pyridine rings is 1. The fourth-order valence-electron chi connectivity index (χ4n) is 4.34. The van der Waals surface area contributed by atoms with E-state index in [9.17, 15) is 4.79 Å². The Morgan fingerprint density at radius 2 is 1.70 bits per heavy atom. The molecular formula is C27H25N5O. The molecule has 1 aliphatic rings. The van der Waals surface area contributed by atoms with Gasteiger partial charge in [0.25, 0.3) is 5.56 Å². The minimum absolute atomic E-state index is 0.204. The second-order valence-electron chi connectivity index (χ2n) is 8.21. The molecule has 0 spiro atoms. The third-order valence-electron chi connectivity index (χ3n) is 6.04. The van der Waals surface area contributed by atoms with Gasteiger partial charge in [-0.15, -0.1) is 6.42 Å². The SMILES string of the molecule is C#CC(c1ccccc1)n1c(=O)ccc2cnc(Nc3ccc(N4CCCCC4)cc3)nc21. The van der Waals surface area contributed by atoms with E-state index in [-0.39, 0.29) is 5.56 Å². The van der Waals surface area contributed by atoms with E-state index in [4.69, 9.17) is 6.42 Å². The maximum absolute atomic E-state index is 12.8. The standard InChI is InChI=1S/C27H25N5O/c1-2-24(20-9-5-3-6-10-20)32-25(33)16-11-21-19-28-27(30-26(21)32)29-22-12-14-23(15-13-22)31-17-7-4-8-18-31/h1,3,5-6,9-16,19,24H,4,7-8,17-18H2,(H,28,29,30).